The van der Waals surface area contributed by atoms with Gasteiger partial charge in [0.25, 0.3) is 0 Å². The van der Waals surface area contributed by atoms with Crippen molar-refractivity contribution >= 4 is 16.0 Å². The molecule has 30 heavy (non-hydrogen) atoms. The van der Waals surface area contributed by atoms with Gasteiger partial charge >= 0.3 is 0 Å². The van der Waals surface area contributed by atoms with E-state index in [-0.39, 0.29) is 11.8 Å². The zero-order valence-corrected chi connectivity index (χ0v) is 18.5. The monoisotopic (exact) mass is 443 g/mol. The molecule has 2 saturated heterocycles. The summed E-state index contributed by atoms with van der Waals surface area (Å²) in [6.45, 7) is 6.44. The van der Waals surface area contributed by atoms with Gasteiger partial charge in [-0.1, -0.05) is 13.0 Å². The summed E-state index contributed by atoms with van der Waals surface area (Å²) in [6.07, 6.45) is 1.42. The number of guanidine groups is 1. The van der Waals surface area contributed by atoms with Crippen LogP contribution in [0.25, 0.3) is 0 Å². The Kier molecular flexibility index (Phi) is 7.65. The molecule has 2 fully saturated rings. The molecule has 0 aromatic heterocycles. The van der Waals surface area contributed by atoms with Crippen LogP contribution in [0, 0.1) is 11.6 Å². The summed E-state index contributed by atoms with van der Waals surface area (Å²) in [4.78, 5) is 8.67. The SMILES string of the molecule is CCC(c1ccc(F)cc1F)N1CCN(C(=NC)NCCN2CCCS2(=O)=O)CC1. The van der Waals surface area contributed by atoms with E-state index in [0.717, 1.165) is 44.6 Å². The third-order valence-electron chi connectivity index (χ3n) is 5.82. The largest absolute Gasteiger partial charge is 0.355 e. The first kappa shape index (κ1) is 22.9. The van der Waals surface area contributed by atoms with Crippen molar-refractivity contribution in [3.8, 4) is 0 Å². The summed E-state index contributed by atoms with van der Waals surface area (Å²) in [5.41, 5.74) is 0.529. The Morgan fingerprint density at radius 2 is 1.93 bits per heavy atom. The minimum atomic E-state index is -3.09. The number of aliphatic imine (C=N–C) groups is 1. The molecule has 1 atom stereocenters. The van der Waals surface area contributed by atoms with Crippen molar-refractivity contribution in [3.05, 3.63) is 35.4 Å². The van der Waals surface area contributed by atoms with Gasteiger partial charge in [0.1, 0.15) is 11.6 Å². The van der Waals surface area contributed by atoms with Crippen molar-refractivity contribution in [3.63, 3.8) is 0 Å². The van der Waals surface area contributed by atoms with E-state index < -0.39 is 21.7 Å². The van der Waals surface area contributed by atoms with E-state index in [2.05, 4.69) is 20.1 Å². The van der Waals surface area contributed by atoms with Crippen molar-refractivity contribution < 1.29 is 17.2 Å². The van der Waals surface area contributed by atoms with E-state index in [1.54, 1.807) is 7.05 Å². The number of halogens is 2. The minimum Gasteiger partial charge on any atom is -0.355 e. The summed E-state index contributed by atoms with van der Waals surface area (Å²) >= 11 is 0. The Morgan fingerprint density at radius 3 is 2.50 bits per heavy atom. The van der Waals surface area contributed by atoms with Gasteiger partial charge in [0.15, 0.2) is 5.96 Å². The molecule has 0 saturated carbocycles. The van der Waals surface area contributed by atoms with Gasteiger partial charge in [-0.2, -0.15) is 0 Å². The standard InChI is InChI=1S/C20H31F2N5O2S/c1-3-19(17-6-5-16(21)15-18(17)22)25-10-12-26(13-11-25)20(23-2)24-7-9-27-8-4-14-30(27,28)29/h5-6,15,19H,3-4,7-14H2,1-2H3,(H,23,24). The van der Waals surface area contributed by atoms with Crippen LogP contribution in [0.2, 0.25) is 0 Å². The predicted octanol–water partition coefficient (Wildman–Crippen LogP) is 1.64. The zero-order chi connectivity index (χ0) is 21.7. The quantitative estimate of drug-likeness (QED) is 0.535. The lowest BCUT2D eigenvalue weighted by Crippen LogP contribution is -2.53. The highest BCUT2D eigenvalue weighted by atomic mass is 32.2. The van der Waals surface area contributed by atoms with Crippen LogP contribution in [-0.4, -0.2) is 87.1 Å². The number of piperazine rings is 1. The Balaban J connectivity index is 1.53. The predicted molar refractivity (Wildman–Crippen MR) is 114 cm³/mol. The van der Waals surface area contributed by atoms with E-state index in [1.165, 1.54) is 16.4 Å². The topological polar surface area (TPSA) is 68.2 Å². The number of benzene rings is 1. The number of sulfonamides is 1. The lowest BCUT2D eigenvalue weighted by atomic mass is 10.0. The fourth-order valence-corrected chi connectivity index (χ4v) is 5.79. The molecule has 0 aliphatic carbocycles. The van der Waals surface area contributed by atoms with Gasteiger partial charge in [0.05, 0.1) is 5.75 Å². The average Bonchev–Trinajstić information content (AvgIpc) is 3.06. The lowest BCUT2D eigenvalue weighted by molar-refractivity contribution is 0.124. The highest BCUT2D eigenvalue weighted by Gasteiger charge is 2.29. The van der Waals surface area contributed by atoms with E-state index in [9.17, 15) is 17.2 Å². The molecule has 10 heteroatoms. The number of nitrogens with zero attached hydrogens (tertiary/aromatic N) is 4. The summed E-state index contributed by atoms with van der Waals surface area (Å²) in [5.74, 6) is -0.0879. The van der Waals surface area contributed by atoms with E-state index >= 15 is 0 Å². The van der Waals surface area contributed by atoms with E-state index in [1.807, 2.05) is 6.92 Å². The van der Waals surface area contributed by atoms with Gasteiger partial charge in [-0.15, -0.1) is 0 Å². The van der Waals surface area contributed by atoms with Gasteiger partial charge in [-0.25, -0.2) is 21.5 Å². The summed E-state index contributed by atoms with van der Waals surface area (Å²) in [6, 6.07) is 3.70. The second kappa shape index (κ2) is 10.0. The van der Waals surface area contributed by atoms with E-state index in [4.69, 9.17) is 0 Å². The molecule has 2 aliphatic rings. The van der Waals surface area contributed by atoms with Crippen LogP contribution in [-0.2, 0) is 10.0 Å². The van der Waals surface area contributed by atoms with Crippen molar-refractivity contribution in [2.75, 3.05) is 58.6 Å². The third-order valence-corrected chi connectivity index (χ3v) is 7.78. The van der Waals surface area contributed by atoms with Crippen molar-refractivity contribution in [2.45, 2.75) is 25.8 Å². The van der Waals surface area contributed by atoms with Crippen LogP contribution >= 0.6 is 0 Å². The highest BCUT2D eigenvalue weighted by molar-refractivity contribution is 7.89. The smallest absolute Gasteiger partial charge is 0.214 e. The normalized spacial score (nSPS) is 21.7. The number of hydrogen-bond acceptors (Lipinski definition) is 4. The highest BCUT2D eigenvalue weighted by Crippen LogP contribution is 2.28. The van der Waals surface area contributed by atoms with Crippen LogP contribution in [0.5, 0.6) is 0 Å². The molecule has 7 nitrogen and oxygen atoms in total. The van der Waals surface area contributed by atoms with Crippen molar-refractivity contribution in [1.82, 2.24) is 19.4 Å². The van der Waals surface area contributed by atoms with Crippen LogP contribution in [0.4, 0.5) is 8.78 Å². The molecule has 2 heterocycles. The maximum atomic E-state index is 14.3. The molecule has 1 aromatic carbocycles. The zero-order valence-electron chi connectivity index (χ0n) is 17.6. The Bertz CT molecular complexity index is 857. The molecule has 0 spiro atoms. The molecule has 168 valence electrons. The number of nitrogens with one attached hydrogen (secondary N) is 1. The van der Waals surface area contributed by atoms with Gasteiger partial charge in [-0.05, 0) is 18.9 Å². The summed E-state index contributed by atoms with van der Waals surface area (Å²) < 4.78 is 52.9. The Morgan fingerprint density at radius 1 is 1.20 bits per heavy atom. The minimum absolute atomic E-state index is 0.0944. The van der Waals surface area contributed by atoms with Crippen molar-refractivity contribution in [2.24, 2.45) is 4.99 Å². The van der Waals surface area contributed by atoms with Crippen LogP contribution < -0.4 is 5.32 Å². The van der Waals surface area contributed by atoms with Gasteiger partial charge in [0, 0.05) is 70.5 Å². The van der Waals surface area contributed by atoms with Gasteiger partial charge < -0.3 is 10.2 Å². The fourth-order valence-electron chi connectivity index (χ4n) is 4.26. The molecule has 0 amide bonds. The first-order valence-electron chi connectivity index (χ1n) is 10.5. The molecule has 0 radical (unpaired) electrons. The lowest BCUT2D eigenvalue weighted by Gasteiger charge is -2.40. The van der Waals surface area contributed by atoms with Crippen LogP contribution in [0.3, 0.4) is 0 Å². The van der Waals surface area contributed by atoms with E-state index in [0.29, 0.717) is 31.6 Å². The molecule has 1 aromatic rings. The van der Waals surface area contributed by atoms with Gasteiger partial charge in [0.2, 0.25) is 10.0 Å². The number of rotatable bonds is 6. The maximum Gasteiger partial charge on any atom is 0.214 e. The van der Waals surface area contributed by atoms with Crippen LogP contribution in [0.15, 0.2) is 23.2 Å². The molecule has 1 N–H and O–H groups in total. The molecule has 2 aliphatic heterocycles. The van der Waals surface area contributed by atoms with Gasteiger partial charge in [-0.3, -0.25) is 9.89 Å². The van der Waals surface area contributed by atoms with Crippen molar-refractivity contribution in [1.29, 1.82) is 0 Å². The first-order chi connectivity index (χ1) is 14.4. The molecular formula is C20H31F2N5O2S. The second-order valence-electron chi connectivity index (χ2n) is 7.66. The first-order valence-corrected chi connectivity index (χ1v) is 12.1. The second-order valence-corrected chi connectivity index (χ2v) is 9.74. The number of hydrogen-bond donors (Lipinski definition) is 1. The average molecular weight is 444 g/mol. The Hall–Kier alpha value is -1.78. The maximum absolute atomic E-state index is 14.3. The molecule has 1 unspecified atom stereocenters. The molecule has 0 bridgehead atoms. The molecular weight excluding hydrogens is 412 g/mol. The Labute approximate surface area is 177 Å². The molecule has 3 rings (SSSR count). The summed E-state index contributed by atoms with van der Waals surface area (Å²) in [5, 5.41) is 3.26. The summed E-state index contributed by atoms with van der Waals surface area (Å²) in [7, 11) is -1.38. The van der Waals surface area contributed by atoms with Crippen LogP contribution in [0.1, 0.15) is 31.4 Å². The fraction of sp³-hybridized carbons (Fsp3) is 0.650. The third kappa shape index (κ3) is 5.28.